The fraction of sp³-hybridized carbons (Fsp3) is 0.435. The van der Waals surface area contributed by atoms with Crippen LogP contribution in [-0.4, -0.2) is 64.4 Å². The maximum atomic E-state index is 13.1. The van der Waals surface area contributed by atoms with Crippen molar-refractivity contribution in [2.24, 2.45) is 17.4 Å². The standard InChI is InChI=1S/C23H32N6O6/c1-3-12(2)20(23(34)35)29-22(33)17(9-18(25)30)28-21(32)16(27-19(31)10-24)8-13-11-26-15-7-5-4-6-14(13)15/h4-7,11-12,16-17,20,26H,3,8-10,24H2,1-2H3,(H2,25,30)(H,27,31)(H,28,32)(H,29,33)(H,34,35). The molecule has 4 amide bonds. The summed E-state index contributed by atoms with van der Waals surface area (Å²) in [5, 5.41) is 17.6. The molecule has 12 heteroatoms. The normalized spacial score (nSPS) is 14.4. The number of benzene rings is 1. The van der Waals surface area contributed by atoms with Crippen molar-refractivity contribution in [3.8, 4) is 0 Å². The van der Waals surface area contributed by atoms with Crippen molar-refractivity contribution in [2.45, 2.75) is 51.2 Å². The van der Waals surface area contributed by atoms with Gasteiger partial charge in [0, 0.05) is 23.5 Å². The number of aliphatic carboxylic acids is 1. The molecule has 190 valence electrons. The largest absolute Gasteiger partial charge is 0.480 e. The number of carboxylic acids is 1. The highest BCUT2D eigenvalue weighted by Gasteiger charge is 2.32. The Morgan fingerprint density at radius 1 is 1.03 bits per heavy atom. The van der Waals surface area contributed by atoms with Gasteiger partial charge >= 0.3 is 5.97 Å². The zero-order valence-corrected chi connectivity index (χ0v) is 19.7. The number of aromatic amines is 1. The van der Waals surface area contributed by atoms with Crippen molar-refractivity contribution in [3.63, 3.8) is 0 Å². The molecule has 0 fully saturated rings. The zero-order valence-electron chi connectivity index (χ0n) is 19.7. The van der Waals surface area contributed by atoms with Gasteiger partial charge in [-0.05, 0) is 17.5 Å². The van der Waals surface area contributed by atoms with E-state index in [1.807, 2.05) is 24.3 Å². The van der Waals surface area contributed by atoms with Gasteiger partial charge in [0.25, 0.3) is 0 Å². The zero-order chi connectivity index (χ0) is 26.1. The second-order valence-electron chi connectivity index (χ2n) is 8.33. The molecule has 0 aliphatic heterocycles. The summed E-state index contributed by atoms with van der Waals surface area (Å²) in [7, 11) is 0. The van der Waals surface area contributed by atoms with E-state index in [9.17, 15) is 29.1 Å². The summed E-state index contributed by atoms with van der Waals surface area (Å²) in [4.78, 5) is 64.2. The molecule has 12 nitrogen and oxygen atoms in total. The molecule has 0 spiro atoms. The van der Waals surface area contributed by atoms with Crippen molar-refractivity contribution in [1.82, 2.24) is 20.9 Å². The molecule has 1 heterocycles. The number of aromatic nitrogens is 1. The van der Waals surface area contributed by atoms with Crippen molar-refractivity contribution in [3.05, 3.63) is 36.0 Å². The van der Waals surface area contributed by atoms with Crippen molar-refractivity contribution >= 4 is 40.5 Å². The first-order valence-electron chi connectivity index (χ1n) is 11.2. The third-order valence-corrected chi connectivity index (χ3v) is 5.75. The molecule has 1 aromatic carbocycles. The van der Waals surface area contributed by atoms with Crippen LogP contribution in [0.25, 0.3) is 10.9 Å². The van der Waals surface area contributed by atoms with Gasteiger partial charge in [-0.2, -0.15) is 0 Å². The van der Waals surface area contributed by atoms with Crippen LogP contribution in [0.15, 0.2) is 30.5 Å². The lowest BCUT2D eigenvalue weighted by Gasteiger charge is -2.25. The summed E-state index contributed by atoms with van der Waals surface area (Å²) in [5.41, 5.74) is 12.2. The molecule has 2 aromatic rings. The minimum Gasteiger partial charge on any atom is -0.480 e. The fourth-order valence-corrected chi connectivity index (χ4v) is 3.60. The Balaban J connectivity index is 2.26. The Bertz CT molecular complexity index is 1080. The molecule has 0 radical (unpaired) electrons. The van der Waals surface area contributed by atoms with Crippen molar-refractivity contribution in [2.75, 3.05) is 6.54 Å². The van der Waals surface area contributed by atoms with E-state index in [2.05, 4.69) is 20.9 Å². The highest BCUT2D eigenvalue weighted by molar-refractivity contribution is 5.96. The number of rotatable bonds is 13. The molecule has 35 heavy (non-hydrogen) atoms. The number of para-hydroxylation sites is 1. The first-order valence-corrected chi connectivity index (χ1v) is 11.2. The van der Waals surface area contributed by atoms with Gasteiger partial charge in [0.2, 0.25) is 23.6 Å². The molecular formula is C23H32N6O6. The number of nitrogens with one attached hydrogen (secondary N) is 4. The van der Waals surface area contributed by atoms with E-state index in [-0.39, 0.29) is 13.0 Å². The smallest absolute Gasteiger partial charge is 0.326 e. The lowest BCUT2D eigenvalue weighted by molar-refractivity contribution is -0.144. The monoisotopic (exact) mass is 488 g/mol. The Morgan fingerprint density at radius 3 is 2.29 bits per heavy atom. The third kappa shape index (κ3) is 7.54. The van der Waals surface area contributed by atoms with Crippen LogP contribution in [0.3, 0.4) is 0 Å². The summed E-state index contributed by atoms with van der Waals surface area (Å²) in [6.45, 7) is 3.06. The number of H-pyrrole nitrogens is 1. The summed E-state index contributed by atoms with van der Waals surface area (Å²) in [5.74, 6) is -4.75. The Hall–Kier alpha value is -3.93. The second kappa shape index (κ2) is 12.5. The summed E-state index contributed by atoms with van der Waals surface area (Å²) in [6.07, 6.45) is 1.69. The average molecular weight is 489 g/mol. The number of nitrogens with two attached hydrogens (primary N) is 2. The predicted molar refractivity (Wildman–Crippen MR) is 128 cm³/mol. The lowest BCUT2D eigenvalue weighted by atomic mass is 9.98. The van der Waals surface area contributed by atoms with E-state index in [1.54, 1.807) is 20.0 Å². The Labute approximate surface area is 202 Å². The van der Waals surface area contributed by atoms with E-state index in [1.165, 1.54) is 0 Å². The van der Waals surface area contributed by atoms with Crippen LogP contribution in [0.1, 0.15) is 32.3 Å². The van der Waals surface area contributed by atoms with E-state index in [0.717, 1.165) is 16.5 Å². The molecular weight excluding hydrogens is 456 g/mol. The van der Waals surface area contributed by atoms with Crippen LogP contribution in [0.5, 0.6) is 0 Å². The van der Waals surface area contributed by atoms with Crippen LogP contribution >= 0.6 is 0 Å². The molecule has 2 rings (SSSR count). The van der Waals surface area contributed by atoms with Crippen molar-refractivity contribution in [1.29, 1.82) is 0 Å². The van der Waals surface area contributed by atoms with Gasteiger partial charge in [-0.25, -0.2) is 4.79 Å². The highest BCUT2D eigenvalue weighted by Crippen LogP contribution is 2.19. The summed E-state index contributed by atoms with van der Waals surface area (Å²) < 4.78 is 0. The number of carbonyl (C=O) groups excluding carboxylic acids is 4. The van der Waals surface area contributed by atoms with Crippen LogP contribution in [-0.2, 0) is 30.4 Å². The quantitative estimate of drug-likeness (QED) is 0.189. The summed E-state index contributed by atoms with van der Waals surface area (Å²) >= 11 is 0. The van der Waals surface area contributed by atoms with Crippen molar-refractivity contribution < 1.29 is 29.1 Å². The van der Waals surface area contributed by atoms with E-state index in [0.29, 0.717) is 6.42 Å². The molecule has 1 aromatic heterocycles. The molecule has 0 saturated heterocycles. The third-order valence-electron chi connectivity index (χ3n) is 5.75. The van der Waals surface area contributed by atoms with Gasteiger partial charge in [-0.15, -0.1) is 0 Å². The fourth-order valence-electron chi connectivity index (χ4n) is 3.60. The summed E-state index contributed by atoms with van der Waals surface area (Å²) in [6, 6.07) is 3.60. The number of hydrogen-bond donors (Lipinski definition) is 7. The van der Waals surface area contributed by atoms with Gasteiger partial charge in [0.05, 0.1) is 13.0 Å². The first-order chi connectivity index (χ1) is 16.6. The molecule has 9 N–H and O–H groups in total. The van der Waals surface area contributed by atoms with E-state index >= 15 is 0 Å². The van der Waals surface area contributed by atoms with E-state index in [4.69, 9.17) is 11.5 Å². The average Bonchev–Trinajstić information content (AvgIpc) is 3.23. The molecule has 0 aliphatic rings. The van der Waals surface area contributed by atoms with Crippen LogP contribution in [0.2, 0.25) is 0 Å². The van der Waals surface area contributed by atoms with E-state index < -0.39 is 60.1 Å². The van der Waals surface area contributed by atoms with Crippen LogP contribution in [0, 0.1) is 5.92 Å². The number of primary amides is 1. The molecule has 0 bridgehead atoms. The topological polar surface area (TPSA) is 209 Å². The van der Waals surface area contributed by atoms with Crippen LogP contribution < -0.4 is 27.4 Å². The van der Waals surface area contributed by atoms with Gasteiger partial charge in [-0.1, -0.05) is 38.5 Å². The molecule has 0 aliphatic carbocycles. The minimum absolute atomic E-state index is 0.0666. The molecule has 4 atom stereocenters. The molecule has 0 saturated carbocycles. The van der Waals surface area contributed by atoms with Crippen LogP contribution in [0.4, 0.5) is 0 Å². The predicted octanol–water partition coefficient (Wildman–Crippen LogP) is -0.870. The SMILES string of the molecule is CCC(C)C(NC(=O)C(CC(N)=O)NC(=O)C(Cc1c[nH]c2ccccc12)NC(=O)CN)C(=O)O. The number of amides is 4. The number of fused-ring (bicyclic) bond motifs is 1. The van der Waals surface area contributed by atoms with Gasteiger partial charge in [0.15, 0.2) is 0 Å². The van der Waals surface area contributed by atoms with Gasteiger partial charge in [0.1, 0.15) is 18.1 Å². The number of carbonyl (C=O) groups is 5. The molecule has 4 unspecified atom stereocenters. The first kappa shape index (κ1) is 27.3. The Kier molecular flexibility index (Phi) is 9.76. The Morgan fingerprint density at radius 2 is 1.69 bits per heavy atom. The highest BCUT2D eigenvalue weighted by atomic mass is 16.4. The van der Waals surface area contributed by atoms with Gasteiger partial charge < -0.3 is 37.5 Å². The second-order valence-corrected chi connectivity index (χ2v) is 8.33. The number of hydrogen-bond acceptors (Lipinski definition) is 6. The van der Waals surface area contributed by atoms with Gasteiger partial charge in [-0.3, -0.25) is 19.2 Å². The maximum Gasteiger partial charge on any atom is 0.326 e. The number of carboxylic acid groups (broad SMARTS) is 1. The lowest BCUT2D eigenvalue weighted by Crippen LogP contribution is -2.58. The minimum atomic E-state index is -1.44. The maximum absolute atomic E-state index is 13.1.